The van der Waals surface area contributed by atoms with Gasteiger partial charge in [-0.05, 0) is 30.7 Å². The van der Waals surface area contributed by atoms with Crippen molar-refractivity contribution < 1.29 is 9.53 Å². The zero-order valence-corrected chi connectivity index (χ0v) is 11.9. The average molecular weight is 291 g/mol. The number of rotatable bonds is 5. The Morgan fingerprint density at radius 3 is 3.00 bits per heavy atom. The second-order valence-corrected chi connectivity index (χ2v) is 4.68. The molecule has 0 spiro atoms. The first-order valence-corrected chi connectivity index (χ1v) is 6.62. The van der Waals surface area contributed by atoms with Crippen LogP contribution in [-0.4, -0.2) is 24.0 Å². The second kappa shape index (κ2) is 6.91. The molecule has 0 bridgehead atoms. The van der Waals surface area contributed by atoms with Gasteiger partial charge < -0.3 is 10.1 Å². The molecule has 1 aromatic carbocycles. The Bertz CT molecular complexity index is 602. The largest absolute Gasteiger partial charge is 0.492 e. The van der Waals surface area contributed by atoms with Gasteiger partial charge in [0.25, 0.3) is 5.91 Å². The third-order valence-electron chi connectivity index (χ3n) is 2.66. The highest BCUT2D eigenvalue weighted by Crippen LogP contribution is 2.13. The van der Waals surface area contributed by atoms with Crippen molar-refractivity contribution in [1.82, 2.24) is 10.3 Å². The molecule has 0 aliphatic heterocycles. The normalized spacial score (nSPS) is 10.1. The minimum Gasteiger partial charge on any atom is -0.492 e. The van der Waals surface area contributed by atoms with Crippen LogP contribution < -0.4 is 10.1 Å². The number of ether oxygens (including phenoxy) is 1. The lowest BCUT2D eigenvalue weighted by atomic mass is 10.2. The molecule has 1 aromatic heterocycles. The summed E-state index contributed by atoms with van der Waals surface area (Å²) in [6.07, 6.45) is 2.98. The maximum absolute atomic E-state index is 11.9. The first-order chi connectivity index (χ1) is 9.66. The summed E-state index contributed by atoms with van der Waals surface area (Å²) in [6, 6.07) is 9.34. The van der Waals surface area contributed by atoms with Crippen LogP contribution in [0.4, 0.5) is 0 Å². The monoisotopic (exact) mass is 290 g/mol. The predicted molar refractivity (Wildman–Crippen MR) is 78.3 cm³/mol. The Labute approximate surface area is 122 Å². The molecule has 2 rings (SSSR count). The number of hydrogen-bond acceptors (Lipinski definition) is 3. The van der Waals surface area contributed by atoms with Crippen LogP contribution in [-0.2, 0) is 0 Å². The lowest BCUT2D eigenvalue weighted by Crippen LogP contribution is -2.28. The SMILES string of the molecule is Cc1cccc(OCCNC(=O)c2ccncc2Cl)c1. The molecule has 0 aliphatic carbocycles. The number of nitrogens with one attached hydrogen (secondary N) is 1. The molecule has 0 fully saturated rings. The Morgan fingerprint density at radius 2 is 2.25 bits per heavy atom. The topological polar surface area (TPSA) is 51.2 Å². The molecule has 0 radical (unpaired) electrons. The van der Waals surface area contributed by atoms with Crippen molar-refractivity contribution in [1.29, 1.82) is 0 Å². The van der Waals surface area contributed by atoms with E-state index >= 15 is 0 Å². The maximum atomic E-state index is 11.9. The predicted octanol–water partition coefficient (Wildman–Crippen LogP) is 2.85. The summed E-state index contributed by atoms with van der Waals surface area (Å²) >= 11 is 5.89. The van der Waals surface area contributed by atoms with Gasteiger partial charge in [0.2, 0.25) is 0 Å². The number of aryl methyl sites for hydroxylation is 1. The fraction of sp³-hybridized carbons (Fsp3) is 0.200. The number of hydrogen-bond donors (Lipinski definition) is 1. The maximum Gasteiger partial charge on any atom is 0.253 e. The van der Waals surface area contributed by atoms with Gasteiger partial charge in [0.05, 0.1) is 17.1 Å². The first kappa shape index (κ1) is 14.3. The number of carbonyl (C=O) groups is 1. The van der Waals surface area contributed by atoms with Gasteiger partial charge in [0, 0.05) is 12.4 Å². The van der Waals surface area contributed by atoms with Crippen molar-refractivity contribution in [3.05, 3.63) is 58.9 Å². The van der Waals surface area contributed by atoms with Crippen LogP contribution in [0.1, 0.15) is 15.9 Å². The van der Waals surface area contributed by atoms with E-state index in [-0.39, 0.29) is 5.91 Å². The fourth-order valence-corrected chi connectivity index (χ4v) is 1.90. The highest BCUT2D eigenvalue weighted by molar-refractivity contribution is 6.33. The molecule has 2 aromatic rings. The first-order valence-electron chi connectivity index (χ1n) is 6.24. The van der Waals surface area contributed by atoms with E-state index in [2.05, 4.69) is 10.3 Å². The number of aromatic nitrogens is 1. The summed E-state index contributed by atoms with van der Waals surface area (Å²) in [4.78, 5) is 15.7. The molecule has 0 unspecified atom stereocenters. The molecule has 1 amide bonds. The van der Waals surface area contributed by atoms with E-state index in [1.165, 1.54) is 12.4 Å². The molecule has 1 N–H and O–H groups in total. The van der Waals surface area contributed by atoms with Gasteiger partial charge in [-0.3, -0.25) is 9.78 Å². The van der Waals surface area contributed by atoms with Crippen LogP contribution in [0.15, 0.2) is 42.7 Å². The molecular weight excluding hydrogens is 276 g/mol. The average Bonchev–Trinajstić information content (AvgIpc) is 2.44. The smallest absolute Gasteiger partial charge is 0.253 e. The fourth-order valence-electron chi connectivity index (χ4n) is 1.69. The Hall–Kier alpha value is -2.07. The Kier molecular flexibility index (Phi) is 4.96. The third kappa shape index (κ3) is 3.96. The molecule has 0 atom stereocenters. The zero-order chi connectivity index (χ0) is 14.4. The van der Waals surface area contributed by atoms with E-state index in [4.69, 9.17) is 16.3 Å². The number of pyridine rings is 1. The van der Waals surface area contributed by atoms with Crippen LogP contribution in [0.25, 0.3) is 0 Å². The Balaban J connectivity index is 1.79. The molecule has 5 heteroatoms. The summed E-state index contributed by atoms with van der Waals surface area (Å²) in [6.45, 7) is 2.81. The lowest BCUT2D eigenvalue weighted by molar-refractivity contribution is 0.0947. The van der Waals surface area contributed by atoms with Crippen molar-refractivity contribution in [2.75, 3.05) is 13.2 Å². The summed E-state index contributed by atoms with van der Waals surface area (Å²) in [5.41, 5.74) is 1.55. The van der Waals surface area contributed by atoms with Crippen molar-refractivity contribution >= 4 is 17.5 Å². The molecule has 0 aliphatic rings. The minimum absolute atomic E-state index is 0.231. The molecule has 20 heavy (non-hydrogen) atoms. The third-order valence-corrected chi connectivity index (χ3v) is 2.96. The molecule has 0 saturated heterocycles. The van der Waals surface area contributed by atoms with E-state index in [1.807, 2.05) is 31.2 Å². The summed E-state index contributed by atoms with van der Waals surface area (Å²) in [5.74, 6) is 0.562. The second-order valence-electron chi connectivity index (χ2n) is 4.28. The van der Waals surface area contributed by atoms with Crippen LogP contribution in [0.3, 0.4) is 0 Å². The molecule has 104 valence electrons. The van der Waals surface area contributed by atoms with Crippen LogP contribution in [0, 0.1) is 6.92 Å². The number of benzene rings is 1. The van der Waals surface area contributed by atoms with Gasteiger partial charge in [-0.15, -0.1) is 0 Å². The standard InChI is InChI=1S/C15H15ClN2O2/c1-11-3-2-4-12(9-11)20-8-7-18-15(19)13-5-6-17-10-14(13)16/h2-6,9-10H,7-8H2,1H3,(H,18,19). The van der Waals surface area contributed by atoms with E-state index < -0.39 is 0 Å². The van der Waals surface area contributed by atoms with Gasteiger partial charge in [0.15, 0.2) is 0 Å². The summed E-state index contributed by atoms with van der Waals surface area (Å²) < 4.78 is 5.54. The van der Waals surface area contributed by atoms with E-state index in [9.17, 15) is 4.79 Å². The molecule has 0 saturated carbocycles. The highest BCUT2D eigenvalue weighted by atomic mass is 35.5. The lowest BCUT2D eigenvalue weighted by Gasteiger charge is -2.08. The number of nitrogens with zero attached hydrogens (tertiary/aromatic N) is 1. The van der Waals surface area contributed by atoms with Crippen molar-refractivity contribution in [2.45, 2.75) is 6.92 Å². The van der Waals surface area contributed by atoms with E-state index in [0.717, 1.165) is 11.3 Å². The number of amides is 1. The van der Waals surface area contributed by atoms with Gasteiger partial charge >= 0.3 is 0 Å². The van der Waals surface area contributed by atoms with Gasteiger partial charge in [-0.2, -0.15) is 0 Å². The van der Waals surface area contributed by atoms with E-state index in [1.54, 1.807) is 6.07 Å². The van der Waals surface area contributed by atoms with Crippen LogP contribution in [0.2, 0.25) is 5.02 Å². The van der Waals surface area contributed by atoms with Crippen molar-refractivity contribution in [2.24, 2.45) is 0 Å². The molecular formula is C15H15ClN2O2. The van der Waals surface area contributed by atoms with Crippen LogP contribution in [0.5, 0.6) is 5.75 Å². The molecule has 1 heterocycles. The minimum atomic E-state index is -0.231. The van der Waals surface area contributed by atoms with Gasteiger partial charge in [-0.1, -0.05) is 23.7 Å². The van der Waals surface area contributed by atoms with Crippen molar-refractivity contribution in [3.63, 3.8) is 0 Å². The van der Waals surface area contributed by atoms with E-state index in [0.29, 0.717) is 23.7 Å². The quantitative estimate of drug-likeness (QED) is 0.862. The van der Waals surface area contributed by atoms with Crippen LogP contribution >= 0.6 is 11.6 Å². The highest BCUT2D eigenvalue weighted by Gasteiger charge is 2.08. The van der Waals surface area contributed by atoms with Gasteiger partial charge in [0.1, 0.15) is 12.4 Å². The molecule has 4 nitrogen and oxygen atoms in total. The summed E-state index contributed by atoms with van der Waals surface area (Å²) in [5, 5.41) is 3.09. The summed E-state index contributed by atoms with van der Waals surface area (Å²) in [7, 11) is 0. The number of halogens is 1. The Morgan fingerprint density at radius 1 is 1.40 bits per heavy atom. The number of carbonyl (C=O) groups excluding carboxylic acids is 1. The van der Waals surface area contributed by atoms with Crippen molar-refractivity contribution in [3.8, 4) is 5.75 Å². The van der Waals surface area contributed by atoms with Gasteiger partial charge in [-0.25, -0.2) is 0 Å². The zero-order valence-electron chi connectivity index (χ0n) is 11.1.